The molecule has 0 aromatic rings. The van der Waals surface area contributed by atoms with Gasteiger partial charge in [0.15, 0.2) is 0 Å². The quantitative estimate of drug-likeness (QED) is 0.548. The van der Waals surface area contributed by atoms with Crippen LogP contribution in [0.5, 0.6) is 0 Å². The van der Waals surface area contributed by atoms with Gasteiger partial charge in [-0.1, -0.05) is 18.6 Å². The zero-order valence-electron chi connectivity index (χ0n) is 6.56. The van der Waals surface area contributed by atoms with Gasteiger partial charge < -0.3 is 11.1 Å². The number of hydrogen-bond donors (Lipinski definition) is 2. The lowest BCUT2D eigenvalue weighted by Gasteiger charge is -2.00. The average Bonchev–Trinajstić information content (AvgIpc) is 2.31. The lowest BCUT2D eigenvalue weighted by Crippen LogP contribution is -2.06. The Hall–Kier alpha value is -0.340. The smallest absolute Gasteiger partial charge is 0.0168 e. The van der Waals surface area contributed by atoms with E-state index in [-0.39, 0.29) is 0 Å². The molecule has 1 saturated heterocycles. The maximum Gasteiger partial charge on any atom is 0.0168 e. The molecule has 3 N–H and O–H groups in total. The van der Waals surface area contributed by atoms with Gasteiger partial charge in [-0.05, 0) is 18.9 Å². The number of nitrogens with one attached hydrogen (secondary N) is 1. The van der Waals surface area contributed by atoms with E-state index in [1.54, 1.807) is 0 Å². The molecule has 1 aliphatic rings. The Bertz CT molecular complexity index is 129. The van der Waals surface area contributed by atoms with E-state index >= 15 is 0 Å². The second-order valence-corrected chi connectivity index (χ2v) is 2.89. The van der Waals surface area contributed by atoms with E-state index < -0.39 is 0 Å². The van der Waals surface area contributed by atoms with Crippen LogP contribution in [0.1, 0.15) is 13.3 Å². The summed E-state index contributed by atoms with van der Waals surface area (Å²) in [5.74, 6) is 0.728. The molecule has 2 heteroatoms. The molecular formula is C8H16N2. The van der Waals surface area contributed by atoms with Crippen molar-refractivity contribution in [1.82, 2.24) is 5.32 Å². The van der Waals surface area contributed by atoms with Gasteiger partial charge in [-0.15, -0.1) is 0 Å². The van der Waals surface area contributed by atoms with Crippen molar-refractivity contribution >= 4 is 0 Å². The predicted molar refractivity (Wildman–Crippen MR) is 43.8 cm³/mol. The summed E-state index contributed by atoms with van der Waals surface area (Å²) in [6.07, 6.45) is 3.30. The topological polar surface area (TPSA) is 38.0 Å². The van der Waals surface area contributed by atoms with E-state index in [0.29, 0.717) is 0 Å². The van der Waals surface area contributed by atoms with Crippen LogP contribution < -0.4 is 11.1 Å². The first-order valence-electron chi connectivity index (χ1n) is 3.94. The molecule has 0 radical (unpaired) electrons. The second kappa shape index (κ2) is 3.74. The Morgan fingerprint density at radius 1 is 1.80 bits per heavy atom. The predicted octanol–water partition coefficient (Wildman–Crippen LogP) is 0.501. The van der Waals surface area contributed by atoms with Crippen molar-refractivity contribution in [3.63, 3.8) is 0 Å². The third kappa shape index (κ3) is 1.82. The summed E-state index contributed by atoms with van der Waals surface area (Å²) in [6.45, 7) is 5.23. The van der Waals surface area contributed by atoms with Crippen LogP contribution in [-0.2, 0) is 0 Å². The van der Waals surface area contributed by atoms with Gasteiger partial charge >= 0.3 is 0 Å². The molecule has 0 aromatic carbocycles. The fourth-order valence-corrected chi connectivity index (χ4v) is 1.28. The Balaban J connectivity index is 2.38. The molecule has 0 spiro atoms. The van der Waals surface area contributed by atoms with Crippen LogP contribution in [0.3, 0.4) is 0 Å². The lowest BCUT2D eigenvalue weighted by molar-refractivity contribution is 0.717. The molecule has 2 nitrogen and oxygen atoms in total. The number of hydrogen-bond acceptors (Lipinski definition) is 2. The minimum atomic E-state index is 0.728. The van der Waals surface area contributed by atoms with Crippen LogP contribution >= 0.6 is 0 Å². The molecule has 1 heterocycles. The number of rotatable bonds is 2. The molecule has 1 aliphatic heterocycles. The van der Waals surface area contributed by atoms with E-state index in [1.165, 1.54) is 5.57 Å². The van der Waals surface area contributed by atoms with Crippen LogP contribution in [0.15, 0.2) is 11.6 Å². The van der Waals surface area contributed by atoms with Gasteiger partial charge in [0.2, 0.25) is 0 Å². The molecule has 0 aromatic heterocycles. The van der Waals surface area contributed by atoms with Crippen molar-refractivity contribution in [2.45, 2.75) is 13.3 Å². The highest BCUT2D eigenvalue weighted by molar-refractivity contribution is 5.12. The summed E-state index contributed by atoms with van der Waals surface area (Å²) < 4.78 is 0. The van der Waals surface area contributed by atoms with E-state index in [0.717, 1.165) is 32.0 Å². The van der Waals surface area contributed by atoms with Gasteiger partial charge in [-0.2, -0.15) is 0 Å². The fourth-order valence-electron chi connectivity index (χ4n) is 1.28. The van der Waals surface area contributed by atoms with Gasteiger partial charge in [0.05, 0.1) is 0 Å². The van der Waals surface area contributed by atoms with Crippen molar-refractivity contribution in [2.75, 3.05) is 19.6 Å². The van der Waals surface area contributed by atoms with Crippen LogP contribution in [0.2, 0.25) is 0 Å². The summed E-state index contributed by atoms with van der Waals surface area (Å²) in [6, 6.07) is 0. The highest BCUT2D eigenvalue weighted by Gasteiger charge is 2.13. The van der Waals surface area contributed by atoms with E-state index in [9.17, 15) is 0 Å². The molecule has 1 atom stereocenters. The summed E-state index contributed by atoms with van der Waals surface area (Å²) in [4.78, 5) is 0. The van der Waals surface area contributed by atoms with E-state index in [4.69, 9.17) is 5.73 Å². The first kappa shape index (κ1) is 7.76. The Morgan fingerprint density at radius 2 is 2.60 bits per heavy atom. The monoisotopic (exact) mass is 140 g/mol. The van der Waals surface area contributed by atoms with Gasteiger partial charge in [-0.25, -0.2) is 0 Å². The zero-order chi connectivity index (χ0) is 7.40. The highest BCUT2D eigenvalue weighted by atomic mass is 14.9. The maximum atomic E-state index is 5.39. The van der Waals surface area contributed by atoms with Crippen molar-refractivity contribution in [1.29, 1.82) is 0 Å². The molecule has 0 bridgehead atoms. The van der Waals surface area contributed by atoms with E-state index in [2.05, 4.69) is 18.3 Å². The summed E-state index contributed by atoms with van der Waals surface area (Å²) in [7, 11) is 0. The largest absolute Gasteiger partial charge is 0.330 e. The van der Waals surface area contributed by atoms with Gasteiger partial charge in [0.1, 0.15) is 0 Å². The summed E-state index contributed by atoms with van der Waals surface area (Å²) in [5.41, 5.74) is 6.92. The molecule has 0 amide bonds. The molecule has 0 saturated carbocycles. The first-order chi connectivity index (χ1) is 4.84. The van der Waals surface area contributed by atoms with Crippen LogP contribution in [0, 0.1) is 5.92 Å². The van der Waals surface area contributed by atoms with Gasteiger partial charge in [-0.3, -0.25) is 0 Å². The van der Waals surface area contributed by atoms with Crippen molar-refractivity contribution in [3.8, 4) is 0 Å². The lowest BCUT2D eigenvalue weighted by atomic mass is 10.0. The van der Waals surface area contributed by atoms with Gasteiger partial charge in [0.25, 0.3) is 0 Å². The molecule has 0 aliphatic carbocycles. The highest BCUT2D eigenvalue weighted by Crippen LogP contribution is 2.14. The Labute approximate surface area is 62.5 Å². The summed E-state index contributed by atoms with van der Waals surface area (Å²) in [5, 5.41) is 3.32. The minimum Gasteiger partial charge on any atom is -0.330 e. The first-order valence-corrected chi connectivity index (χ1v) is 3.94. The molecule has 10 heavy (non-hydrogen) atoms. The molecule has 1 unspecified atom stereocenters. The third-order valence-electron chi connectivity index (χ3n) is 1.99. The van der Waals surface area contributed by atoms with E-state index in [1.807, 2.05) is 0 Å². The third-order valence-corrected chi connectivity index (χ3v) is 1.99. The zero-order valence-corrected chi connectivity index (χ0v) is 6.56. The minimum absolute atomic E-state index is 0.728. The SMILES string of the molecule is CC1CNC/C1=C\CCN. The Kier molecular flexibility index (Phi) is 2.90. The molecular weight excluding hydrogens is 124 g/mol. The molecule has 1 fully saturated rings. The average molecular weight is 140 g/mol. The van der Waals surface area contributed by atoms with Crippen LogP contribution in [0.4, 0.5) is 0 Å². The van der Waals surface area contributed by atoms with Crippen LogP contribution in [-0.4, -0.2) is 19.6 Å². The Morgan fingerprint density at radius 3 is 3.10 bits per heavy atom. The fraction of sp³-hybridized carbons (Fsp3) is 0.750. The van der Waals surface area contributed by atoms with Crippen molar-refractivity contribution in [2.24, 2.45) is 11.7 Å². The standard InChI is InChI=1S/C8H16N2/c1-7-5-10-6-8(7)3-2-4-9/h3,7,10H,2,4-6,9H2,1H3/b8-3+. The van der Waals surface area contributed by atoms with Crippen molar-refractivity contribution in [3.05, 3.63) is 11.6 Å². The normalized spacial score (nSPS) is 29.8. The summed E-state index contributed by atoms with van der Waals surface area (Å²) >= 11 is 0. The van der Waals surface area contributed by atoms with Gasteiger partial charge in [0, 0.05) is 13.1 Å². The van der Waals surface area contributed by atoms with Crippen LogP contribution in [0.25, 0.3) is 0 Å². The molecule has 1 rings (SSSR count). The van der Waals surface area contributed by atoms with Crippen molar-refractivity contribution < 1.29 is 0 Å². The number of nitrogens with two attached hydrogens (primary N) is 1. The second-order valence-electron chi connectivity index (χ2n) is 2.89. The maximum absolute atomic E-state index is 5.39. The molecule has 58 valence electrons.